The van der Waals surface area contributed by atoms with E-state index in [9.17, 15) is 15.0 Å². The molecule has 2 rings (SSSR count). The molecule has 1 aliphatic rings. The molecule has 0 bridgehead atoms. The summed E-state index contributed by atoms with van der Waals surface area (Å²) in [6.45, 7) is 5.93. The van der Waals surface area contributed by atoms with Gasteiger partial charge in [-0.15, -0.1) is 0 Å². The zero-order valence-corrected chi connectivity index (χ0v) is 14.0. The number of carbonyl (C=O) groups is 1. The summed E-state index contributed by atoms with van der Waals surface area (Å²) in [6.07, 6.45) is 1.68. The number of allylic oxidation sites excluding steroid dienone is 1. The topological polar surface area (TPSA) is 69.9 Å². The molecular formula is C19H25NO3. The van der Waals surface area contributed by atoms with Crippen LogP contribution in [0.15, 0.2) is 40.9 Å². The van der Waals surface area contributed by atoms with Gasteiger partial charge in [-0.05, 0) is 18.3 Å². The van der Waals surface area contributed by atoms with Gasteiger partial charge in [0.05, 0.1) is 23.9 Å². The Kier molecular flexibility index (Phi) is 5.37. The van der Waals surface area contributed by atoms with E-state index >= 15 is 0 Å². The lowest BCUT2D eigenvalue weighted by atomic mass is 9.73. The highest BCUT2D eigenvalue weighted by atomic mass is 16.3. The van der Waals surface area contributed by atoms with E-state index in [1.54, 1.807) is 12.1 Å². The number of ketones is 1. The number of aliphatic imine (C=N–C) groups is 1. The number of aliphatic hydroxyl groups excluding tert-OH is 2. The maximum Gasteiger partial charge on any atom is 0.168 e. The second-order valence-electron chi connectivity index (χ2n) is 6.85. The molecule has 4 heteroatoms. The van der Waals surface area contributed by atoms with Crippen LogP contribution < -0.4 is 0 Å². The van der Waals surface area contributed by atoms with Gasteiger partial charge in [-0.2, -0.15) is 0 Å². The van der Waals surface area contributed by atoms with Crippen LogP contribution >= 0.6 is 0 Å². The molecule has 1 aromatic carbocycles. The van der Waals surface area contributed by atoms with E-state index in [1.165, 1.54) is 0 Å². The van der Waals surface area contributed by atoms with Crippen molar-refractivity contribution < 1.29 is 15.0 Å². The molecule has 1 atom stereocenters. The van der Waals surface area contributed by atoms with E-state index < -0.39 is 0 Å². The third-order valence-corrected chi connectivity index (χ3v) is 4.16. The third-order valence-electron chi connectivity index (χ3n) is 4.16. The second kappa shape index (κ2) is 7.09. The van der Waals surface area contributed by atoms with Gasteiger partial charge in [0.1, 0.15) is 5.76 Å². The Balaban J connectivity index is 2.54. The Morgan fingerprint density at radius 1 is 1.26 bits per heavy atom. The summed E-state index contributed by atoms with van der Waals surface area (Å²) in [5.74, 6) is -0.105. The SMILES string of the molecule is CCC(CO)N=C1CC(C)(C)CC(=O)/C1=C(/O)c1ccccc1. The molecule has 0 spiro atoms. The molecule has 0 radical (unpaired) electrons. The highest BCUT2D eigenvalue weighted by Gasteiger charge is 2.36. The van der Waals surface area contributed by atoms with E-state index in [0.29, 0.717) is 36.1 Å². The molecule has 1 saturated carbocycles. The van der Waals surface area contributed by atoms with Gasteiger partial charge in [-0.3, -0.25) is 9.79 Å². The van der Waals surface area contributed by atoms with Gasteiger partial charge in [-0.1, -0.05) is 51.1 Å². The Bertz CT molecular complexity index is 625. The average Bonchev–Trinajstić information content (AvgIpc) is 2.51. The molecular weight excluding hydrogens is 290 g/mol. The van der Waals surface area contributed by atoms with Crippen molar-refractivity contribution in [2.45, 2.75) is 46.1 Å². The normalized spacial score (nSPS) is 23.0. The molecule has 1 aliphatic carbocycles. The number of nitrogens with zero attached hydrogens (tertiary/aromatic N) is 1. The molecule has 0 heterocycles. The standard InChI is InChI=1S/C19H25NO3/c1-4-14(12-21)20-15-10-19(2,3)11-16(22)17(15)18(23)13-8-6-5-7-9-13/h5-9,14,21,23H,4,10-12H2,1-3H3/b18-17+,20-15?. The van der Waals surface area contributed by atoms with Crippen LogP contribution in [0.2, 0.25) is 0 Å². The molecule has 23 heavy (non-hydrogen) atoms. The van der Waals surface area contributed by atoms with Crippen molar-refractivity contribution >= 4 is 17.3 Å². The fraction of sp³-hybridized carbons (Fsp3) is 0.474. The number of aliphatic hydroxyl groups is 2. The lowest BCUT2D eigenvalue weighted by molar-refractivity contribution is -0.117. The Morgan fingerprint density at radius 2 is 1.91 bits per heavy atom. The summed E-state index contributed by atoms with van der Waals surface area (Å²) in [4.78, 5) is 17.2. The minimum absolute atomic E-state index is 0.0161. The van der Waals surface area contributed by atoms with Gasteiger partial charge >= 0.3 is 0 Å². The van der Waals surface area contributed by atoms with Gasteiger partial charge in [0.2, 0.25) is 0 Å². The average molecular weight is 315 g/mol. The summed E-state index contributed by atoms with van der Waals surface area (Å²) in [6, 6.07) is 8.81. The highest BCUT2D eigenvalue weighted by molar-refractivity contribution is 6.28. The van der Waals surface area contributed by atoms with Gasteiger partial charge in [0.15, 0.2) is 5.78 Å². The zero-order chi connectivity index (χ0) is 17.0. The molecule has 1 fully saturated rings. The minimum Gasteiger partial charge on any atom is -0.506 e. The van der Waals surface area contributed by atoms with E-state index in [1.807, 2.05) is 39.0 Å². The molecule has 2 N–H and O–H groups in total. The number of hydrogen-bond acceptors (Lipinski definition) is 4. The predicted molar refractivity (Wildman–Crippen MR) is 92.6 cm³/mol. The Morgan fingerprint density at radius 3 is 2.48 bits per heavy atom. The van der Waals surface area contributed by atoms with Crippen LogP contribution in [-0.4, -0.2) is 34.4 Å². The van der Waals surface area contributed by atoms with E-state index in [-0.39, 0.29) is 29.6 Å². The maximum absolute atomic E-state index is 12.6. The van der Waals surface area contributed by atoms with Crippen LogP contribution in [0.3, 0.4) is 0 Å². The van der Waals surface area contributed by atoms with Gasteiger partial charge in [0, 0.05) is 12.0 Å². The van der Waals surface area contributed by atoms with Crippen LogP contribution in [0.1, 0.15) is 45.6 Å². The van der Waals surface area contributed by atoms with Crippen LogP contribution in [0.5, 0.6) is 0 Å². The first-order valence-electron chi connectivity index (χ1n) is 8.07. The smallest absolute Gasteiger partial charge is 0.168 e. The summed E-state index contributed by atoms with van der Waals surface area (Å²) in [5, 5.41) is 20.1. The molecule has 124 valence electrons. The summed E-state index contributed by atoms with van der Waals surface area (Å²) < 4.78 is 0. The van der Waals surface area contributed by atoms with E-state index in [4.69, 9.17) is 0 Å². The largest absolute Gasteiger partial charge is 0.506 e. The first kappa shape index (κ1) is 17.4. The monoisotopic (exact) mass is 315 g/mol. The molecule has 0 amide bonds. The predicted octanol–water partition coefficient (Wildman–Crippen LogP) is 3.56. The van der Waals surface area contributed by atoms with Crippen LogP contribution in [0.4, 0.5) is 0 Å². The minimum atomic E-state index is -0.245. The molecule has 4 nitrogen and oxygen atoms in total. The van der Waals surface area contributed by atoms with Crippen molar-refractivity contribution in [3.05, 3.63) is 41.5 Å². The van der Waals surface area contributed by atoms with Crippen molar-refractivity contribution in [3.8, 4) is 0 Å². The number of Topliss-reactive ketones (excluding diaryl/α,β-unsaturated/α-hetero) is 1. The lowest BCUT2D eigenvalue weighted by Gasteiger charge is -2.32. The molecule has 0 saturated heterocycles. The zero-order valence-electron chi connectivity index (χ0n) is 14.0. The summed E-state index contributed by atoms with van der Waals surface area (Å²) >= 11 is 0. The van der Waals surface area contributed by atoms with Crippen LogP contribution in [0.25, 0.3) is 5.76 Å². The van der Waals surface area contributed by atoms with Gasteiger partial charge in [-0.25, -0.2) is 0 Å². The molecule has 0 aliphatic heterocycles. The van der Waals surface area contributed by atoms with Crippen molar-refractivity contribution in [2.75, 3.05) is 6.61 Å². The quantitative estimate of drug-likeness (QED) is 0.659. The van der Waals surface area contributed by atoms with Gasteiger partial charge < -0.3 is 10.2 Å². The fourth-order valence-electron chi connectivity index (χ4n) is 2.89. The van der Waals surface area contributed by atoms with Crippen LogP contribution in [-0.2, 0) is 4.79 Å². The number of hydrogen-bond donors (Lipinski definition) is 2. The molecule has 0 aromatic heterocycles. The van der Waals surface area contributed by atoms with Gasteiger partial charge in [0.25, 0.3) is 0 Å². The Hall–Kier alpha value is -1.94. The number of benzene rings is 1. The van der Waals surface area contributed by atoms with Crippen molar-refractivity contribution in [1.29, 1.82) is 0 Å². The summed E-state index contributed by atoms with van der Waals surface area (Å²) in [5.41, 5.74) is 1.33. The summed E-state index contributed by atoms with van der Waals surface area (Å²) in [7, 11) is 0. The molecule has 1 unspecified atom stereocenters. The first-order valence-corrected chi connectivity index (χ1v) is 8.07. The van der Waals surface area contributed by atoms with Crippen molar-refractivity contribution in [2.24, 2.45) is 10.4 Å². The van der Waals surface area contributed by atoms with Crippen molar-refractivity contribution in [1.82, 2.24) is 0 Å². The third kappa shape index (κ3) is 4.08. The highest BCUT2D eigenvalue weighted by Crippen LogP contribution is 2.37. The first-order chi connectivity index (χ1) is 10.9. The molecule has 1 aromatic rings. The second-order valence-corrected chi connectivity index (χ2v) is 6.85. The number of carbonyl (C=O) groups excluding carboxylic acids is 1. The van der Waals surface area contributed by atoms with E-state index in [0.717, 1.165) is 0 Å². The Labute approximate surface area is 137 Å². The van der Waals surface area contributed by atoms with Crippen molar-refractivity contribution in [3.63, 3.8) is 0 Å². The lowest BCUT2D eigenvalue weighted by Crippen LogP contribution is -2.33. The fourth-order valence-corrected chi connectivity index (χ4v) is 2.89. The number of rotatable bonds is 4. The van der Waals surface area contributed by atoms with Crippen LogP contribution in [0, 0.1) is 5.41 Å². The van der Waals surface area contributed by atoms with E-state index in [2.05, 4.69) is 4.99 Å². The maximum atomic E-state index is 12.6.